The Bertz CT molecular complexity index is 565. The highest BCUT2D eigenvalue weighted by atomic mass is 19.3. The van der Waals surface area contributed by atoms with Crippen molar-refractivity contribution in [2.45, 2.75) is 6.55 Å². The summed E-state index contributed by atoms with van der Waals surface area (Å²) in [6, 6.07) is 2.92. The molecule has 1 aromatic heterocycles. The molecule has 2 rings (SSSR count). The lowest BCUT2D eigenvalue weighted by molar-refractivity contribution is 0.0584. The summed E-state index contributed by atoms with van der Waals surface area (Å²) in [6.45, 7) is -3.02. The van der Waals surface area contributed by atoms with Crippen molar-refractivity contribution in [1.29, 1.82) is 0 Å². The third-order valence-corrected chi connectivity index (χ3v) is 2.06. The van der Waals surface area contributed by atoms with Crippen LogP contribution in [0.25, 0.3) is 10.9 Å². The molecule has 0 atom stereocenters. The van der Waals surface area contributed by atoms with Crippen LogP contribution in [0.4, 0.5) is 13.2 Å². The summed E-state index contributed by atoms with van der Waals surface area (Å²) in [6.07, 6.45) is 0. The molecule has 84 valence electrons. The molecule has 0 aliphatic rings. The normalized spacial score (nSPS) is 11.2. The number of halogens is 3. The standard InChI is InChI=1S/C9H5F3N2O2/c10-4-1-2-5-6(3-4)14(9(11)12)13-7(5)8(15)16/h1-3,9H,(H,15,16). The second-order valence-electron chi connectivity index (χ2n) is 3.04. The number of alkyl halides is 2. The van der Waals surface area contributed by atoms with E-state index in [1.165, 1.54) is 0 Å². The highest BCUT2D eigenvalue weighted by Gasteiger charge is 2.20. The number of benzene rings is 1. The van der Waals surface area contributed by atoms with Crippen LogP contribution in [-0.4, -0.2) is 20.9 Å². The number of carbonyl (C=O) groups is 1. The highest BCUT2D eigenvalue weighted by molar-refractivity contribution is 6.01. The Hall–Kier alpha value is -2.05. The first kappa shape index (κ1) is 10.5. The first-order valence-electron chi connectivity index (χ1n) is 4.20. The van der Waals surface area contributed by atoms with Crippen molar-refractivity contribution in [3.63, 3.8) is 0 Å². The summed E-state index contributed by atoms with van der Waals surface area (Å²) in [4.78, 5) is 10.7. The van der Waals surface area contributed by atoms with Gasteiger partial charge in [0.25, 0.3) is 0 Å². The molecular formula is C9H5F3N2O2. The number of rotatable bonds is 2. The van der Waals surface area contributed by atoms with E-state index in [0.29, 0.717) is 0 Å². The minimum absolute atomic E-state index is 0.0193. The van der Waals surface area contributed by atoms with Crippen LogP contribution in [0.2, 0.25) is 0 Å². The molecule has 1 heterocycles. The van der Waals surface area contributed by atoms with E-state index < -0.39 is 24.0 Å². The van der Waals surface area contributed by atoms with Gasteiger partial charge in [0, 0.05) is 11.5 Å². The van der Waals surface area contributed by atoms with Gasteiger partial charge in [-0.25, -0.2) is 13.9 Å². The SMILES string of the molecule is O=C(O)c1nn(C(F)F)c2cc(F)ccc12. The molecule has 4 nitrogen and oxygen atoms in total. The number of hydrogen-bond acceptors (Lipinski definition) is 2. The zero-order valence-corrected chi connectivity index (χ0v) is 7.69. The van der Waals surface area contributed by atoms with Gasteiger partial charge in [-0.2, -0.15) is 13.9 Å². The number of carboxylic acid groups (broad SMARTS) is 1. The first-order valence-corrected chi connectivity index (χ1v) is 4.20. The second kappa shape index (κ2) is 3.51. The van der Waals surface area contributed by atoms with Gasteiger partial charge in [0.2, 0.25) is 0 Å². The smallest absolute Gasteiger partial charge is 0.357 e. The van der Waals surface area contributed by atoms with E-state index in [2.05, 4.69) is 5.10 Å². The molecule has 0 radical (unpaired) electrons. The molecule has 0 aliphatic heterocycles. The highest BCUT2D eigenvalue weighted by Crippen LogP contribution is 2.24. The fourth-order valence-electron chi connectivity index (χ4n) is 1.42. The maximum Gasteiger partial charge on any atom is 0.357 e. The maximum atomic E-state index is 12.9. The third-order valence-electron chi connectivity index (χ3n) is 2.06. The Labute approximate surface area is 86.9 Å². The minimum Gasteiger partial charge on any atom is -0.476 e. The number of aromatic carboxylic acids is 1. The van der Waals surface area contributed by atoms with Crippen LogP contribution in [-0.2, 0) is 0 Å². The molecule has 0 bridgehead atoms. The second-order valence-corrected chi connectivity index (χ2v) is 3.04. The van der Waals surface area contributed by atoms with E-state index in [1.807, 2.05) is 0 Å². The summed E-state index contributed by atoms with van der Waals surface area (Å²) in [7, 11) is 0. The molecule has 0 saturated carbocycles. The molecule has 1 N–H and O–H groups in total. The van der Waals surface area contributed by atoms with Gasteiger partial charge in [-0.15, -0.1) is 0 Å². The van der Waals surface area contributed by atoms with Crippen LogP contribution in [0.5, 0.6) is 0 Å². The Morgan fingerprint density at radius 1 is 1.44 bits per heavy atom. The number of aromatic nitrogens is 2. The molecule has 2 aromatic rings. The Morgan fingerprint density at radius 2 is 2.12 bits per heavy atom. The lowest BCUT2D eigenvalue weighted by Gasteiger charge is -1.99. The van der Waals surface area contributed by atoms with Gasteiger partial charge >= 0.3 is 12.5 Å². The van der Waals surface area contributed by atoms with E-state index in [9.17, 15) is 18.0 Å². The van der Waals surface area contributed by atoms with Crippen LogP contribution in [0.15, 0.2) is 18.2 Å². The quantitative estimate of drug-likeness (QED) is 0.860. The molecule has 1 aromatic carbocycles. The minimum atomic E-state index is -3.02. The molecule has 0 unspecified atom stereocenters. The number of nitrogens with zero attached hydrogens (tertiary/aromatic N) is 2. The Balaban J connectivity index is 2.81. The fraction of sp³-hybridized carbons (Fsp3) is 0.111. The lowest BCUT2D eigenvalue weighted by Crippen LogP contribution is -2.03. The van der Waals surface area contributed by atoms with E-state index in [0.717, 1.165) is 18.2 Å². The third kappa shape index (κ3) is 1.50. The van der Waals surface area contributed by atoms with Gasteiger partial charge in [-0.1, -0.05) is 0 Å². The van der Waals surface area contributed by atoms with Gasteiger partial charge in [0.05, 0.1) is 5.52 Å². The van der Waals surface area contributed by atoms with E-state index in [-0.39, 0.29) is 15.6 Å². The summed E-state index contributed by atoms with van der Waals surface area (Å²) in [5.41, 5.74) is -0.761. The van der Waals surface area contributed by atoms with Gasteiger partial charge in [0.1, 0.15) is 5.82 Å². The van der Waals surface area contributed by atoms with Crippen molar-refractivity contribution in [3.05, 3.63) is 29.7 Å². The van der Waals surface area contributed by atoms with Crippen molar-refractivity contribution in [2.24, 2.45) is 0 Å². The van der Waals surface area contributed by atoms with Crippen LogP contribution < -0.4 is 0 Å². The van der Waals surface area contributed by atoms with E-state index in [1.54, 1.807) is 0 Å². The van der Waals surface area contributed by atoms with Crippen molar-refractivity contribution in [2.75, 3.05) is 0 Å². The summed E-state index contributed by atoms with van der Waals surface area (Å²) in [5, 5.41) is 11.9. The molecular weight excluding hydrogens is 225 g/mol. The van der Waals surface area contributed by atoms with E-state index >= 15 is 0 Å². The van der Waals surface area contributed by atoms with Crippen molar-refractivity contribution >= 4 is 16.9 Å². The number of hydrogen-bond donors (Lipinski definition) is 1. The van der Waals surface area contributed by atoms with Gasteiger partial charge in [0.15, 0.2) is 5.69 Å². The average molecular weight is 230 g/mol. The van der Waals surface area contributed by atoms with Gasteiger partial charge < -0.3 is 5.11 Å². The van der Waals surface area contributed by atoms with Crippen LogP contribution in [0, 0.1) is 5.82 Å². The van der Waals surface area contributed by atoms with Crippen LogP contribution in [0.3, 0.4) is 0 Å². The number of carboxylic acids is 1. The average Bonchev–Trinajstić information content (AvgIpc) is 2.56. The Morgan fingerprint density at radius 3 is 2.69 bits per heavy atom. The topological polar surface area (TPSA) is 55.1 Å². The molecule has 0 spiro atoms. The molecule has 0 saturated heterocycles. The van der Waals surface area contributed by atoms with E-state index in [4.69, 9.17) is 5.11 Å². The summed E-state index contributed by atoms with van der Waals surface area (Å²) >= 11 is 0. The monoisotopic (exact) mass is 230 g/mol. The zero-order valence-electron chi connectivity index (χ0n) is 7.69. The summed E-state index contributed by atoms with van der Waals surface area (Å²) in [5.74, 6) is -2.16. The van der Waals surface area contributed by atoms with Crippen LogP contribution >= 0.6 is 0 Å². The number of fused-ring (bicyclic) bond motifs is 1. The molecule has 0 fully saturated rings. The van der Waals surface area contributed by atoms with Crippen molar-refractivity contribution in [3.8, 4) is 0 Å². The molecule has 7 heteroatoms. The largest absolute Gasteiger partial charge is 0.476 e. The zero-order chi connectivity index (χ0) is 11.9. The van der Waals surface area contributed by atoms with Crippen molar-refractivity contribution in [1.82, 2.24) is 9.78 Å². The maximum absolute atomic E-state index is 12.9. The molecule has 0 amide bonds. The Kier molecular flexibility index (Phi) is 2.30. The lowest BCUT2D eigenvalue weighted by atomic mass is 10.2. The summed E-state index contributed by atoms with van der Waals surface area (Å²) < 4.78 is 38.0. The predicted molar refractivity (Wildman–Crippen MR) is 47.9 cm³/mol. The van der Waals surface area contributed by atoms with Crippen molar-refractivity contribution < 1.29 is 23.1 Å². The predicted octanol–water partition coefficient (Wildman–Crippen LogP) is 2.27. The van der Waals surface area contributed by atoms with Crippen LogP contribution in [0.1, 0.15) is 17.0 Å². The molecule has 0 aliphatic carbocycles. The first-order chi connectivity index (χ1) is 7.50. The molecule has 16 heavy (non-hydrogen) atoms. The van der Waals surface area contributed by atoms with Gasteiger partial charge in [-0.3, -0.25) is 0 Å². The fourth-order valence-corrected chi connectivity index (χ4v) is 1.42. The van der Waals surface area contributed by atoms with Gasteiger partial charge in [-0.05, 0) is 12.1 Å².